The molecule has 0 spiro atoms. The zero-order valence-electron chi connectivity index (χ0n) is 18.0. The molecule has 30 heavy (non-hydrogen) atoms. The summed E-state index contributed by atoms with van der Waals surface area (Å²) in [4.78, 5) is 14.6. The molecule has 0 aliphatic rings. The van der Waals surface area contributed by atoms with Crippen LogP contribution >= 0.6 is 11.8 Å². The van der Waals surface area contributed by atoms with Crippen LogP contribution in [0.25, 0.3) is 0 Å². The highest BCUT2D eigenvalue weighted by molar-refractivity contribution is 7.99. The van der Waals surface area contributed by atoms with E-state index in [0.717, 1.165) is 28.7 Å². The molecular weight excluding hydrogens is 394 g/mol. The smallest absolute Gasteiger partial charge is 0.234 e. The first-order valence-corrected chi connectivity index (χ1v) is 11.1. The van der Waals surface area contributed by atoms with Crippen molar-refractivity contribution < 1.29 is 4.79 Å². The van der Waals surface area contributed by atoms with Gasteiger partial charge in [-0.1, -0.05) is 61.2 Å². The van der Waals surface area contributed by atoms with Crippen molar-refractivity contribution in [3.63, 3.8) is 0 Å². The predicted molar refractivity (Wildman–Crippen MR) is 123 cm³/mol. The number of nitrogens with zero attached hydrogens (tertiary/aromatic N) is 4. The summed E-state index contributed by atoms with van der Waals surface area (Å²) in [5.74, 6) is 1.15. The summed E-state index contributed by atoms with van der Waals surface area (Å²) < 4.78 is 2.13. The van der Waals surface area contributed by atoms with Gasteiger partial charge >= 0.3 is 0 Å². The summed E-state index contributed by atoms with van der Waals surface area (Å²) >= 11 is 1.42. The number of aryl methyl sites for hydroxylation is 1. The van der Waals surface area contributed by atoms with E-state index >= 15 is 0 Å². The molecule has 6 nitrogen and oxygen atoms in total. The highest BCUT2D eigenvalue weighted by Gasteiger charge is 2.22. The van der Waals surface area contributed by atoms with E-state index < -0.39 is 0 Å². The topological polar surface area (TPSA) is 63.1 Å². The molecule has 0 aliphatic heterocycles. The lowest BCUT2D eigenvalue weighted by Gasteiger charge is -2.23. The average molecular weight is 424 g/mol. The van der Waals surface area contributed by atoms with Crippen molar-refractivity contribution in [1.82, 2.24) is 19.7 Å². The third-order valence-electron chi connectivity index (χ3n) is 4.87. The molecule has 0 bridgehead atoms. The van der Waals surface area contributed by atoms with Crippen molar-refractivity contribution >= 4 is 23.4 Å². The van der Waals surface area contributed by atoms with Crippen LogP contribution in [0.4, 0.5) is 5.69 Å². The molecule has 2 aromatic carbocycles. The number of nitrogens with one attached hydrogen (secondary N) is 1. The van der Waals surface area contributed by atoms with Gasteiger partial charge in [0.05, 0.1) is 18.3 Å². The molecule has 1 amide bonds. The summed E-state index contributed by atoms with van der Waals surface area (Å²) in [6.07, 6.45) is 0.929. The Bertz CT molecular complexity index is 971. The van der Waals surface area contributed by atoms with Gasteiger partial charge in [-0.05, 0) is 50.7 Å². The fourth-order valence-electron chi connectivity index (χ4n) is 3.40. The average Bonchev–Trinajstić information content (AvgIpc) is 3.10. The molecule has 0 saturated carbocycles. The molecule has 1 atom stereocenters. The van der Waals surface area contributed by atoms with Crippen LogP contribution in [0.15, 0.2) is 59.8 Å². The second-order valence-corrected chi connectivity index (χ2v) is 8.45. The van der Waals surface area contributed by atoms with Gasteiger partial charge in [-0.25, -0.2) is 0 Å². The SMILES string of the molecule is CC[C@H](c1nnc(SCC(=O)Nc2cccc(C)c2)n1Cc1ccccc1)N(C)C. The lowest BCUT2D eigenvalue weighted by molar-refractivity contribution is -0.113. The van der Waals surface area contributed by atoms with Gasteiger partial charge in [0.25, 0.3) is 0 Å². The zero-order valence-corrected chi connectivity index (χ0v) is 18.8. The maximum Gasteiger partial charge on any atom is 0.234 e. The van der Waals surface area contributed by atoms with E-state index in [4.69, 9.17) is 0 Å². The molecular formula is C23H29N5OS. The van der Waals surface area contributed by atoms with E-state index in [-0.39, 0.29) is 17.7 Å². The minimum Gasteiger partial charge on any atom is -0.325 e. The maximum atomic E-state index is 12.5. The van der Waals surface area contributed by atoms with Gasteiger partial charge in [-0.2, -0.15) is 0 Å². The largest absolute Gasteiger partial charge is 0.325 e. The fraction of sp³-hybridized carbons (Fsp3) is 0.348. The second kappa shape index (κ2) is 10.4. The van der Waals surface area contributed by atoms with E-state index in [1.165, 1.54) is 17.3 Å². The van der Waals surface area contributed by atoms with E-state index in [1.807, 2.05) is 49.4 Å². The number of thioether (sulfide) groups is 1. The molecule has 0 radical (unpaired) electrons. The van der Waals surface area contributed by atoms with Gasteiger partial charge in [0.1, 0.15) is 0 Å². The molecule has 3 aromatic rings. The van der Waals surface area contributed by atoms with Crippen molar-refractivity contribution in [3.05, 3.63) is 71.5 Å². The van der Waals surface area contributed by atoms with Crippen molar-refractivity contribution in [2.45, 2.75) is 38.0 Å². The molecule has 0 saturated heterocycles. The Hall–Kier alpha value is -2.64. The van der Waals surface area contributed by atoms with E-state index in [0.29, 0.717) is 6.54 Å². The lowest BCUT2D eigenvalue weighted by atomic mass is 10.2. The van der Waals surface area contributed by atoms with Gasteiger partial charge in [-0.3, -0.25) is 9.69 Å². The second-order valence-electron chi connectivity index (χ2n) is 7.51. The van der Waals surface area contributed by atoms with Gasteiger partial charge in [0.2, 0.25) is 5.91 Å². The minimum atomic E-state index is -0.0546. The number of carbonyl (C=O) groups excluding carboxylic acids is 1. The number of anilines is 1. The van der Waals surface area contributed by atoms with Crippen LogP contribution in [-0.2, 0) is 11.3 Å². The molecule has 158 valence electrons. The number of rotatable bonds is 9. The summed E-state index contributed by atoms with van der Waals surface area (Å²) in [5.41, 5.74) is 3.10. The van der Waals surface area contributed by atoms with Crippen LogP contribution in [0, 0.1) is 6.92 Å². The van der Waals surface area contributed by atoms with Gasteiger partial charge in [0, 0.05) is 5.69 Å². The Morgan fingerprint density at radius 3 is 2.57 bits per heavy atom. The Labute approximate surface area is 182 Å². The van der Waals surface area contributed by atoms with Crippen molar-refractivity contribution in [2.24, 2.45) is 0 Å². The predicted octanol–water partition coefficient (Wildman–Crippen LogP) is 4.38. The van der Waals surface area contributed by atoms with Gasteiger partial charge in [-0.15, -0.1) is 10.2 Å². The molecule has 3 rings (SSSR count). The quantitative estimate of drug-likeness (QED) is 0.518. The van der Waals surface area contributed by atoms with Crippen molar-refractivity contribution in [3.8, 4) is 0 Å². The Kier molecular flexibility index (Phi) is 7.65. The van der Waals surface area contributed by atoms with Crippen molar-refractivity contribution in [2.75, 3.05) is 25.2 Å². The Morgan fingerprint density at radius 2 is 1.90 bits per heavy atom. The minimum absolute atomic E-state index is 0.0546. The van der Waals surface area contributed by atoms with E-state index in [9.17, 15) is 4.79 Å². The van der Waals surface area contributed by atoms with Gasteiger partial charge in [0.15, 0.2) is 11.0 Å². The third-order valence-corrected chi connectivity index (χ3v) is 5.84. The van der Waals surface area contributed by atoms with Crippen LogP contribution in [0.1, 0.15) is 36.3 Å². The summed E-state index contributed by atoms with van der Waals surface area (Å²) in [7, 11) is 4.11. The zero-order chi connectivity index (χ0) is 21.5. The number of benzene rings is 2. The Morgan fingerprint density at radius 1 is 1.13 bits per heavy atom. The van der Waals surface area contributed by atoms with Crippen LogP contribution in [0.3, 0.4) is 0 Å². The normalized spacial score (nSPS) is 12.2. The summed E-state index contributed by atoms with van der Waals surface area (Å²) in [5, 5.41) is 12.6. The van der Waals surface area contributed by atoms with Crippen LogP contribution < -0.4 is 5.32 Å². The van der Waals surface area contributed by atoms with Crippen LogP contribution in [0.5, 0.6) is 0 Å². The number of hydrogen-bond donors (Lipinski definition) is 1. The molecule has 1 N–H and O–H groups in total. The molecule has 1 aromatic heterocycles. The number of hydrogen-bond acceptors (Lipinski definition) is 5. The van der Waals surface area contributed by atoms with Gasteiger partial charge < -0.3 is 9.88 Å². The van der Waals surface area contributed by atoms with E-state index in [2.05, 4.69) is 58.1 Å². The number of amides is 1. The number of carbonyl (C=O) groups is 1. The molecule has 0 aliphatic carbocycles. The number of aromatic nitrogens is 3. The maximum absolute atomic E-state index is 12.5. The molecule has 0 fully saturated rings. The van der Waals surface area contributed by atoms with Crippen molar-refractivity contribution in [1.29, 1.82) is 0 Å². The monoisotopic (exact) mass is 423 g/mol. The van der Waals surface area contributed by atoms with Crippen LogP contribution in [-0.4, -0.2) is 45.4 Å². The highest BCUT2D eigenvalue weighted by Crippen LogP contribution is 2.26. The lowest BCUT2D eigenvalue weighted by Crippen LogP contribution is -2.23. The summed E-state index contributed by atoms with van der Waals surface area (Å²) in [6, 6.07) is 18.2. The fourth-order valence-corrected chi connectivity index (χ4v) is 4.14. The Balaban J connectivity index is 1.77. The highest BCUT2D eigenvalue weighted by atomic mass is 32.2. The molecule has 0 unspecified atom stereocenters. The molecule has 1 heterocycles. The first kappa shape index (κ1) is 22.1. The van der Waals surface area contributed by atoms with Crippen LogP contribution in [0.2, 0.25) is 0 Å². The molecule has 7 heteroatoms. The summed E-state index contributed by atoms with van der Waals surface area (Å²) in [6.45, 7) is 4.83. The first-order valence-electron chi connectivity index (χ1n) is 10.1. The third kappa shape index (κ3) is 5.70. The van der Waals surface area contributed by atoms with E-state index in [1.54, 1.807) is 0 Å². The standard InChI is InChI=1S/C23H29N5OS/c1-5-20(27(3)4)22-25-26-23(28(22)15-18-11-7-6-8-12-18)30-16-21(29)24-19-13-9-10-17(2)14-19/h6-14,20H,5,15-16H2,1-4H3,(H,24,29)/t20-/m1/s1. The first-order chi connectivity index (χ1) is 14.5.